The van der Waals surface area contributed by atoms with Crippen LogP contribution in [0, 0.1) is 5.92 Å². The van der Waals surface area contributed by atoms with Gasteiger partial charge in [-0.05, 0) is 23.1 Å². The number of allylic oxidation sites excluding steroid dienone is 4. The summed E-state index contributed by atoms with van der Waals surface area (Å²) >= 11 is 0. The van der Waals surface area contributed by atoms with Crippen LogP contribution in [0.2, 0.25) is 0 Å². The lowest BCUT2D eigenvalue weighted by Gasteiger charge is -2.30. The molecule has 2 N–H and O–H groups in total. The summed E-state index contributed by atoms with van der Waals surface area (Å²) in [4.78, 5) is 14.7. The summed E-state index contributed by atoms with van der Waals surface area (Å²) in [5.41, 5.74) is 10.3. The van der Waals surface area contributed by atoms with Gasteiger partial charge in [0.1, 0.15) is 13.0 Å². The molecule has 1 aromatic heterocycles. The van der Waals surface area contributed by atoms with E-state index < -0.39 is 0 Å². The summed E-state index contributed by atoms with van der Waals surface area (Å²) in [6.07, 6.45) is 13.4. The summed E-state index contributed by atoms with van der Waals surface area (Å²) < 4.78 is 0. The Balaban J connectivity index is 1.96. The number of aromatic nitrogens is 2. The van der Waals surface area contributed by atoms with Gasteiger partial charge in [0.05, 0.1) is 0 Å². The molecule has 2 atom stereocenters. The highest BCUT2D eigenvalue weighted by Crippen LogP contribution is 2.38. The standard InChI is InChI=1S/C16H19N5/c1-11-15(12-5-18-9-19-6-12)3-14(17)4-16(11)13-7-20-10-21(2)8-13/h3-9,11,15H,10,17H2,1-2H3. The van der Waals surface area contributed by atoms with Gasteiger partial charge in [-0.1, -0.05) is 13.0 Å². The maximum atomic E-state index is 6.11. The fourth-order valence-corrected chi connectivity index (χ4v) is 2.85. The van der Waals surface area contributed by atoms with Crippen molar-refractivity contribution < 1.29 is 0 Å². The third-order valence-electron chi connectivity index (χ3n) is 3.92. The molecule has 5 nitrogen and oxygen atoms in total. The lowest BCUT2D eigenvalue weighted by Crippen LogP contribution is -2.23. The van der Waals surface area contributed by atoms with Crippen molar-refractivity contribution in [2.75, 3.05) is 13.7 Å². The van der Waals surface area contributed by atoms with Crippen molar-refractivity contribution in [3.63, 3.8) is 0 Å². The fraction of sp³-hybridized carbons (Fsp3) is 0.312. The van der Waals surface area contributed by atoms with Crippen LogP contribution in [0.4, 0.5) is 0 Å². The van der Waals surface area contributed by atoms with E-state index in [1.807, 2.05) is 31.7 Å². The van der Waals surface area contributed by atoms with E-state index in [2.05, 4.69) is 39.1 Å². The van der Waals surface area contributed by atoms with Gasteiger partial charge in [-0.3, -0.25) is 4.99 Å². The Morgan fingerprint density at radius 3 is 2.76 bits per heavy atom. The van der Waals surface area contributed by atoms with E-state index in [1.54, 1.807) is 6.33 Å². The number of aliphatic imine (C=N–C) groups is 1. The Morgan fingerprint density at radius 1 is 1.29 bits per heavy atom. The molecule has 0 fully saturated rings. The van der Waals surface area contributed by atoms with E-state index in [0.29, 0.717) is 12.6 Å². The van der Waals surface area contributed by atoms with Gasteiger partial charge in [0, 0.05) is 49.0 Å². The van der Waals surface area contributed by atoms with Crippen LogP contribution in [0.15, 0.2) is 58.9 Å². The first-order chi connectivity index (χ1) is 10.1. The highest BCUT2D eigenvalue weighted by Gasteiger charge is 2.27. The van der Waals surface area contributed by atoms with E-state index in [-0.39, 0.29) is 5.92 Å². The maximum Gasteiger partial charge on any atom is 0.115 e. The second-order valence-electron chi connectivity index (χ2n) is 5.55. The monoisotopic (exact) mass is 281 g/mol. The summed E-state index contributed by atoms with van der Waals surface area (Å²) in [7, 11) is 2.02. The number of hydrogen-bond acceptors (Lipinski definition) is 5. The lowest BCUT2D eigenvalue weighted by atomic mass is 9.77. The molecule has 21 heavy (non-hydrogen) atoms. The van der Waals surface area contributed by atoms with Crippen LogP contribution < -0.4 is 5.73 Å². The van der Waals surface area contributed by atoms with Crippen molar-refractivity contribution in [3.05, 3.63) is 59.5 Å². The Hall–Kier alpha value is -2.43. The number of hydrogen-bond donors (Lipinski definition) is 1. The molecule has 2 aliphatic rings. The van der Waals surface area contributed by atoms with Crippen LogP contribution in [0.3, 0.4) is 0 Å². The van der Waals surface area contributed by atoms with Crippen molar-refractivity contribution in [2.45, 2.75) is 12.8 Å². The largest absolute Gasteiger partial charge is 0.399 e. The first kappa shape index (κ1) is 13.5. The molecule has 1 aliphatic carbocycles. The molecule has 2 heterocycles. The first-order valence-corrected chi connectivity index (χ1v) is 7.01. The molecule has 0 aromatic carbocycles. The third kappa shape index (κ3) is 2.72. The van der Waals surface area contributed by atoms with Gasteiger partial charge in [-0.2, -0.15) is 0 Å². The number of rotatable bonds is 2. The first-order valence-electron chi connectivity index (χ1n) is 7.01. The second-order valence-corrected chi connectivity index (χ2v) is 5.55. The third-order valence-corrected chi connectivity index (χ3v) is 3.92. The minimum absolute atomic E-state index is 0.188. The normalized spacial score (nSPS) is 25.2. The van der Waals surface area contributed by atoms with Gasteiger partial charge in [0.15, 0.2) is 0 Å². The predicted octanol–water partition coefficient (Wildman–Crippen LogP) is 1.84. The van der Waals surface area contributed by atoms with Crippen LogP contribution >= 0.6 is 0 Å². The second kappa shape index (κ2) is 5.52. The molecule has 0 bridgehead atoms. The van der Waals surface area contributed by atoms with Gasteiger partial charge < -0.3 is 10.6 Å². The minimum Gasteiger partial charge on any atom is -0.399 e. The van der Waals surface area contributed by atoms with Gasteiger partial charge in [-0.15, -0.1) is 0 Å². The quantitative estimate of drug-likeness (QED) is 0.898. The predicted molar refractivity (Wildman–Crippen MR) is 83.5 cm³/mol. The van der Waals surface area contributed by atoms with Crippen LogP contribution in [-0.2, 0) is 0 Å². The van der Waals surface area contributed by atoms with Crippen LogP contribution in [0.5, 0.6) is 0 Å². The van der Waals surface area contributed by atoms with Crippen LogP contribution in [-0.4, -0.2) is 34.8 Å². The molecule has 5 heteroatoms. The fourth-order valence-electron chi connectivity index (χ4n) is 2.85. The summed E-state index contributed by atoms with van der Waals surface area (Å²) in [5.74, 6) is 0.486. The van der Waals surface area contributed by atoms with E-state index in [4.69, 9.17) is 5.73 Å². The van der Waals surface area contributed by atoms with Crippen molar-refractivity contribution >= 4 is 6.21 Å². The summed E-state index contributed by atoms with van der Waals surface area (Å²) in [6.45, 7) is 2.90. The summed E-state index contributed by atoms with van der Waals surface area (Å²) in [6, 6.07) is 0. The van der Waals surface area contributed by atoms with E-state index in [1.165, 1.54) is 5.57 Å². The zero-order valence-corrected chi connectivity index (χ0v) is 12.3. The van der Waals surface area contributed by atoms with Crippen molar-refractivity contribution in [3.8, 4) is 0 Å². The maximum absolute atomic E-state index is 6.11. The Labute approximate surface area is 124 Å². The van der Waals surface area contributed by atoms with Gasteiger partial charge in [0.2, 0.25) is 0 Å². The minimum atomic E-state index is 0.188. The topological polar surface area (TPSA) is 67.4 Å². The molecule has 0 amide bonds. The molecule has 108 valence electrons. The van der Waals surface area contributed by atoms with Crippen LogP contribution in [0.1, 0.15) is 18.4 Å². The molecular weight excluding hydrogens is 262 g/mol. The van der Waals surface area contributed by atoms with Crippen molar-refractivity contribution in [1.82, 2.24) is 14.9 Å². The number of nitrogens with two attached hydrogens (primary N) is 1. The molecule has 3 rings (SSSR count). The van der Waals surface area contributed by atoms with E-state index in [0.717, 1.165) is 16.8 Å². The lowest BCUT2D eigenvalue weighted by molar-refractivity contribution is 0.464. The molecule has 1 aliphatic heterocycles. The molecule has 0 spiro atoms. The average Bonchev–Trinajstić information content (AvgIpc) is 2.50. The van der Waals surface area contributed by atoms with Crippen molar-refractivity contribution in [1.29, 1.82) is 0 Å². The molecular formula is C16H19N5. The van der Waals surface area contributed by atoms with Gasteiger partial charge in [0.25, 0.3) is 0 Å². The average molecular weight is 281 g/mol. The van der Waals surface area contributed by atoms with Crippen molar-refractivity contribution in [2.24, 2.45) is 16.6 Å². The van der Waals surface area contributed by atoms with E-state index in [9.17, 15) is 0 Å². The Bertz CT molecular complexity index is 642. The van der Waals surface area contributed by atoms with E-state index >= 15 is 0 Å². The smallest absolute Gasteiger partial charge is 0.115 e. The highest BCUT2D eigenvalue weighted by molar-refractivity contribution is 5.86. The zero-order chi connectivity index (χ0) is 14.8. The molecule has 0 saturated heterocycles. The summed E-state index contributed by atoms with van der Waals surface area (Å²) in [5, 5.41) is 0. The Morgan fingerprint density at radius 2 is 2.05 bits per heavy atom. The molecule has 2 unspecified atom stereocenters. The molecule has 0 saturated carbocycles. The number of nitrogens with zero attached hydrogens (tertiary/aromatic N) is 4. The van der Waals surface area contributed by atoms with Crippen LogP contribution in [0.25, 0.3) is 0 Å². The van der Waals surface area contributed by atoms with Gasteiger partial charge in [-0.25, -0.2) is 9.97 Å². The van der Waals surface area contributed by atoms with Gasteiger partial charge >= 0.3 is 0 Å². The molecule has 0 radical (unpaired) electrons. The zero-order valence-electron chi connectivity index (χ0n) is 12.3. The molecule has 1 aromatic rings. The SMILES string of the molecule is CC1C(C2=CN(C)CN=C2)=CC(N)=CC1c1cncnc1. The highest BCUT2D eigenvalue weighted by atomic mass is 15.2. The Kier molecular flexibility index (Phi) is 3.56.